The first kappa shape index (κ1) is 15.6. The first-order valence-electron chi connectivity index (χ1n) is 7.51. The van der Waals surface area contributed by atoms with Crippen LogP contribution < -0.4 is 0 Å². The summed E-state index contributed by atoms with van der Waals surface area (Å²) in [7, 11) is 0. The molecule has 0 aromatic carbocycles. The van der Waals surface area contributed by atoms with Gasteiger partial charge in [-0.3, -0.25) is 4.90 Å². The predicted molar refractivity (Wildman–Crippen MR) is 77.8 cm³/mol. The molecule has 1 amide bonds. The van der Waals surface area contributed by atoms with E-state index in [1.807, 2.05) is 25.7 Å². The maximum Gasteiger partial charge on any atom is 0.410 e. The van der Waals surface area contributed by atoms with Gasteiger partial charge in [0.1, 0.15) is 5.60 Å². The van der Waals surface area contributed by atoms with Crippen LogP contribution in [-0.2, 0) is 9.47 Å². The molecule has 116 valence electrons. The van der Waals surface area contributed by atoms with Gasteiger partial charge >= 0.3 is 6.09 Å². The van der Waals surface area contributed by atoms with Gasteiger partial charge in [-0.2, -0.15) is 0 Å². The van der Waals surface area contributed by atoms with Crippen LogP contribution >= 0.6 is 0 Å². The fourth-order valence-corrected chi connectivity index (χ4v) is 3.04. The van der Waals surface area contributed by atoms with E-state index in [0.717, 1.165) is 39.3 Å². The lowest BCUT2D eigenvalue weighted by Crippen LogP contribution is -2.46. The number of ether oxygens (including phenoxy) is 2. The van der Waals surface area contributed by atoms with E-state index >= 15 is 0 Å². The molecule has 0 radical (unpaired) electrons. The van der Waals surface area contributed by atoms with E-state index in [0.29, 0.717) is 6.04 Å². The van der Waals surface area contributed by atoms with Gasteiger partial charge in [-0.25, -0.2) is 4.79 Å². The van der Waals surface area contributed by atoms with Crippen LogP contribution in [0.4, 0.5) is 4.79 Å². The van der Waals surface area contributed by atoms with Crippen molar-refractivity contribution in [2.24, 2.45) is 0 Å². The highest BCUT2D eigenvalue weighted by Gasteiger charge is 2.44. The number of likely N-dealkylation sites (tertiary alicyclic amines) is 1. The van der Waals surface area contributed by atoms with Crippen molar-refractivity contribution in [1.82, 2.24) is 9.80 Å². The van der Waals surface area contributed by atoms with E-state index in [1.54, 1.807) is 0 Å². The Morgan fingerprint density at radius 3 is 2.40 bits per heavy atom. The molecule has 0 bridgehead atoms. The molecular weight excluding hydrogens is 256 g/mol. The summed E-state index contributed by atoms with van der Waals surface area (Å²) in [5.41, 5.74) is -0.588. The molecule has 2 heterocycles. The van der Waals surface area contributed by atoms with Crippen molar-refractivity contribution >= 4 is 6.09 Å². The van der Waals surface area contributed by atoms with Crippen molar-refractivity contribution in [1.29, 1.82) is 0 Å². The van der Waals surface area contributed by atoms with Gasteiger partial charge in [-0.15, -0.1) is 0 Å². The van der Waals surface area contributed by atoms with Crippen LogP contribution in [0, 0.1) is 0 Å². The molecule has 5 heteroatoms. The van der Waals surface area contributed by atoms with E-state index in [-0.39, 0.29) is 11.6 Å². The average molecular weight is 284 g/mol. The Labute approximate surface area is 122 Å². The van der Waals surface area contributed by atoms with E-state index in [4.69, 9.17) is 9.47 Å². The van der Waals surface area contributed by atoms with Gasteiger partial charge in [0.2, 0.25) is 0 Å². The summed E-state index contributed by atoms with van der Waals surface area (Å²) in [4.78, 5) is 16.7. The normalized spacial score (nSPS) is 27.6. The lowest BCUT2D eigenvalue weighted by atomic mass is 9.99. The fraction of sp³-hybridized carbons (Fsp3) is 0.933. The monoisotopic (exact) mass is 284 g/mol. The Kier molecular flexibility index (Phi) is 4.30. The molecule has 0 aromatic heterocycles. The summed E-state index contributed by atoms with van der Waals surface area (Å²) in [6.07, 6.45) is 0.796. The minimum atomic E-state index is -0.440. The topological polar surface area (TPSA) is 42.0 Å². The molecule has 2 fully saturated rings. The van der Waals surface area contributed by atoms with Gasteiger partial charge in [-0.1, -0.05) is 0 Å². The number of hydrogen-bond donors (Lipinski definition) is 0. The van der Waals surface area contributed by atoms with Crippen LogP contribution in [0.25, 0.3) is 0 Å². The summed E-state index contributed by atoms with van der Waals surface area (Å²) in [6.45, 7) is 14.2. The van der Waals surface area contributed by atoms with Crippen molar-refractivity contribution in [2.75, 3.05) is 32.8 Å². The maximum atomic E-state index is 12.4. The van der Waals surface area contributed by atoms with Crippen LogP contribution in [0.5, 0.6) is 0 Å². The third kappa shape index (κ3) is 3.64. The molecule has 1 unspecified atom stereocenters. The van der Waals surface area contributed by atoms with Crippen molar-refractivity contribution in [3.05, 3.63) is 0 Å². The molecule has 2 rings (SSSR count). The minimum Gasteiger partial charge on any atom is -0.444 e. The summed E-state index contributed by atoms with van der Waals surface area (Å²) in [5, 5.41) is 0. The smallest absolute Gasteiger partial charge is 0.410 e. The summed E-state index contributed by atoms with van der Waals surface area (Å²) >= 11 is 0. The van der Waals surface area contributed by atoms with Crippen LogP contribution in [0.15, 0.2) is 0 Å². The molecule has 2 aliphatic heterocycles. The quantitative estimate of drug-likeness (QED) is 0.739. The maximum absolute atomic E-state index is 12.4. The number of carbonyl (C=O) groups is 1. The summed E-state index contributed by atoms with van der Waals surface area (Å²) < 4.78 is 10.9. The molecule has 0 spiro atoms. The molecule has 2 aliphatic rings. The molecule has 0 N–H and O–H groups in total. The largest absolute Gasteiger partial charge is 0.444 e. The molecule has 20 heavy (non-hydrogen) atoms. The van der Waals surface area contributed by atoms with Gasteiger partial charge < -0.3 is 14.4 Å². The number of carbonyl (C=O) groups excluding carboxylic acids is 1. The van der Waals surface area contributed by atoms with Gasteiger partial charge in [0, 0.05) is 31.2 Å². The molecule has 0 aliphatic carbocycles. The fourth-order valence-electron chi connectivity index (χ4n) is 3.04. The first-order valence-corrected chi connectivity index (χ1v) is 7.51. The Morgan fingerprint density at radius 2 is 1.85 bits per heavy atom. The number of hydrogen-bond acceptors (Lipinski definition) is 4. The molecule has 0 saturated carbocycles. The highest BCUT2D eigenvalue weighted by atomic mass is 16.6. The van der Waals surface area contributed by atoms with Gasteiger partial charge in [0.25, 0.3) is 0 Å². The Bertz CT molecular complexity index is 357. The zero-order valence-corrected chi connectivity index (χ0v) is 13.4. The van der Waals surface area contributed by atoms with Crippen LogP contribution in [0.3, 0.4) is 0 Å². The zero-order chi connectivity index (χ0) is 15.0. The number of amides is 1. The highest BCUT2D eigenvalue weighted by Crippen LogP contribution is 2.33. The summed E-state index contributed by atoms with van der Waals surface area (Å²) in [6, 6.07) is 0.418. The van der Waals surface area contributed by atoms with E-state index in [9.17, 15) is 4.79 Å². The lowest BCUT2D eigenvalue weighted by Gasteiger charge is -2.33. The predicted octanol–water partition coefficient (Wildman–Crippen LogP) is 2.11. The SMILES string of the molecule is CC(C)(C)OC(=O)N1CC(N2CCOCC2)CC1(C)C. The van der Waals surface area contributed by atoms with Crippen molar-refractivity contribution in [3.8, 4) is 0 Å². The molecular formula is C15H28N2O3. The molecule has 0 aromatic rings. The van der Waals surface area contributed by atoms with Crippen LogP contribution in [0.2, 0.25) is 0 Å². The number of nitrogens with zero attached hydrogens (tertiary/aromatic N) is 2. The first-order chi connectivity index (χ1) is 9.19. The van der Waals surface area contributed by atoms with Gasteiger partial charge in [-0.05, 0) is 41.0 Å². The third-order valence-electron chi connectivity index (χ3n) is 4.04. The summed E-state index contributed by atoms with van der Waals surface area (Å²) in [5.74, 6) is 0. The van der Waals surface area contributed by atoms with Crippen molar-refractivity contribution in [2.45, 2.75) is 58.2 Å². The Balaban J connectivity index is 2.01. The molecule has 2 saturated heterocycles. The van der Waals surface area contributed by atoms with E-state index < -0.39 is 5.60 Å². The van der Waals surface area contributed by atoms with E-state index in [1.165, 1.54) is 0 Å². The van der Waals surface area contributed by atoms with Crippen LogP contribution in [0.1, 0.15) is 41.0 Å². The molecule has 1 atom stereocenters. The third-order valence-corrected chi connectivity index (χ3v) is 4.04. The number of morpholine rings is 1. The minimum absolute atomic E-state index is 0.148. The van der Waals surface area contributed by atoms with Gasteiger partial charge in [0.15, 0.2) is 0 Å². The second-order valence-electron chi connectivity index (χ2n) is 7.41. The van der Waals surface area contributed by atoms with E-state index in [2.05, 4.69) is 18.7 Å². The Hall–Kier alpha value is -0.810. The standard InChI is InChI=1S/C15H28N2O3/c1-14(2,3)20-13(18)17-11-12(10-15(17,4)5)16-6-8-19-9-7-16/h12H,6-11H2,1-5H3. The second kappa shape index (κ2) is 5.53. The van der Waals surface area contributed by atoms with Gasteiger partial charge in [0.05, 0.1) is 13.2 Å². The second-order valence-corrected chi connectivity index (χ2v) is 7.41. The Morgan fingerprint density at radius 1 is 1.25 bits per heavy atom. The number of rotatable bonds is 1. The average Bonchev–Trinajstić information content (AvgIpc) is 2.64. The van der Waals surface area contributed by atoms with Crippen molar-refractivity contribution < 1.29 is 14.3 Å². The zero-order valence-electron chi connectivity index (χ0n) is 13.4. The van der Waals surface area contributed by atoms with Crippen molar-refractivity contribution in [3.63, 3.8) is 0 Å². The van der Waals surface area contributed by atoms with Crippen LogP contribution in [-0.4, -0.2) is 65.9 Å². The highest BCUT2D eigenvalue weighted by molar-refractivity contribution is 5.69. The molecule has 5 nitrogen and oxygen atoms in total. The lowest BCUT2D eigenvalue weighted by molar-refractivity contribution is 0.00856.